The molecule has 1 aromatic heterocycles. The first kappa shape index (κ1) is 12.9. The fourth-order valence-electron chi connectivity index (χ4n) is 2.35. The average Bonchev–Trinajstić information content (AvgIpc) is 3.14. The highest BCUT2D eigenvalue weighted by atomic mass is 19.1. The molecule has 0 spiro atoms. The smallest absolute Gasteiger partial charge is 0.241 e. The van der Waals surface area contributed by atoms with Gasteiger partial charge in [0.15, 0.2) is 0 Å². The highest BCUT2D eigenvalue weighted by Crippen LogP contribution is 2.25. The van der Waals surface area contributed by atoms with E-state index in [1.54, 1.807) is 30.5 Å². The van der Waals surface area contributed by atoms with Crippen molar-refractivity contribution in [2.75, 3.05) is 11.9 Å². The summed E-state index contributed by atoms with van der Waals surface area (Å²) >= 11 is 0. The van der Waals surface area contributed by atoms with Crippen LogP contribution >= 0.6 is 0 Å². The quantitative estimate of drug-likeness (QED) is 0.905. The second-order valence-corrected chi connectivity index (χ2v) is 4.81. The van der Waals surface area contributed by atoms with Crippen molar-refractivity contribution in [1.82, 2.24) is 5.32 Å². The number of carbonyl (C=O) groups is 1. The van der Waals surface area contributed by atoms with Gasteiger partial charge in [-0.25, -0.2) is 4.39 Å². The van der Waals surface area contributed by atoms with Crippen LogP contribution in [0.3, 0.4) is 0 Å². The molecule has 5 heteroatoms. The number of benzene rings is 1. The monoisotopic (exact) mass is 274 g/mol. The van der Waals surface area contributed by atoms with Crippen molar-refractivity contribution in [2.24, 2.45) is 0 Å². The molecule has 0 aliphatic carbocycles. The Kier molecular flexibility index (Phi) is 3.52. The molecule has 1 atom stereocenters. The largest absolute Gasteiger partial charge is 0.464 e. The summed E-state index contributed by atoms with van der Waals surface area (Å²) in [4.78, 5) is 12.0. The maximum Gasteiger partial charge on any atom is 0.241 e. The van der Waals surface area contributed by atoms with E-state index in [2.05, 4.69) is 10.6 Å². The van der Waals surface area contributed by atoms with Crippen LogP contribution in [0.2, 0.25) is 0 Å². The second-order valence-electron chi connectivity index (χ2n) is 4.81. The van der Waals surface area contributed by atoms with Crippen LogP contribution in [0.4, 0.5) is 10.1 Å². The van der Waals surface area contributed by atoms with Gasteiger partial charge in [-0.1, -0.05) is 0 Å². The molecule has 0 bridgehead atoms. The summed E-state index contributed by atoms with van der Waals surface area (Å²) in [5.41, 5.74) is 0.906. The van der Waals surface area contributed by atoms with Crippen molar-refractivity contribution >= 4 is 11.6 Å². The van der Waals surface area contributed by atoms with Gasteiger partial charge in [0.1, 0.15) is 11.6 Å². The molecule has 0 saturated carbocycles. The number of hydrogen-bond donors (Lipinski definition) is 2. The third-order valence-corrected chi connectivity index (χ3v) is 3.41. The lowest BCUT2D eigenvalue weighted by Crippen LogP contribution is -2.35. The summed E-state index contributed by atoms with van der Waals surface area (Å²) in [6.45, 7) is 0.826. The van der Waals surface area contributed by atoms with Gasteiger partial charge in [0.05, 0.1) is 18.0 Å². The van der Waals surface area contributed by atoms with Crippen molar-refractivity contribution in [3.63, 3.8) is 0 Å². The SMILES string of the molecule is O=C(Nc1cc(-c2ccco2)ccc1F)[C@H]1CCCN1. The van der Waals surface area contributed by atoms with Gasteiger partial charge in [0, 0.05) is 5.56 Å². The average molecular weight is 274 g/mol. The van der Waals surface area contributed by atoms with E-state index in [0.29, 0.717) is 5.76 Å². The van der Waals surface area contributed by atoms with Crippen LogP contribution < -0.4 is 10.6 Å². The van der Waals surface area contributed by atoms with Crippen LogP contribution in [-0.2, 0) is 4.79 Å². The lowest BCUT2D eigenvalue weighted by molar-refractivity contribution is -0.117. The van der Waals surface area contributed by atoms with Crippen molar-refractivity contribution < 1.29 is 13.6 Å². The van der Waals surface area contributed by atoms with Crippen molar-refractivity contribution in [2.45, 2.75) is 18.9 Å². The first-order valence-electron chi connectivity index (χ1n) is 6.62. The molecule has 0 unspecified atom stereocenters. The van der Waals surface area contributed by atoms with Crippen molar-refractivity contribution in [3.8, 4) is 11.3 Å². The Bertz CT molecular complexity index is 604. The Hall–Kier alpha value is -2.14. The van der Waals surface area contributed by atoms with Gasteiger partial charge < -0.3 is 15.1 Å². The minimum Gasteiger partial charge on any atom is -0.464 e. The number of halogens is 1. The molecule has 104 valence electrons. The molecule has 1 aliphatic heterocycles. The normalized spacial score (nSPS) is 18.1. The van der Waals surface area contributed by atoms with Crippen molar-refractivity contribution in [1.29, 1.82) is 0 Å². The summed E-state index contributed by atoms with van der Waals surface area (Å²) in [5.74, 6) is -0.0101. The Morgan fingerprint density at radius 3 is 3.00 bits per heavy atom. The van der Waals surface area contributed by atoms with E-state index < -0.39 is 5.82 Å². The van der Waals surface area contributed by atoms with Gasteiger partial charge in [0.2, 0.25) is 5.91 Å². The number of hydrogen-bond acceptors (Lipinski definition) is 3. The van der Waals surface area contributed by atoms with E-state index in [9.17, 15) is 9.18 Å². The second kappa shape index (κ2) is 5.46. The molecule has 2 heterocycles. The fourth-order valence-corrected chi connectivity index (χ4v) is 2.35. The van der Waals surface area contributed by atoms with Crippen LogP contribution in [0.1, 0.15) is 12.8 Å². The van der Waals surface area contributed by atoms with Crippen LogP contribution in [0, 0.1) is 5.82 Å². The lowest BCUT2D eigenvalue weighted by atomic mass is 10.1. The first-order valence-corrected chi connectivity index (χ1v) is 6.62. The Labute approximate surface area is 116 Å². The van der Waals surface area contributed by atoms with Crippen molar-refractivity contribution in [3.05, 3.63) is 42.4 Å². The molecule has 4 nitrogen and oxygen atoms in total. The van der Waals surface area contributed by atoms with Gasteiger partial charge >= 0.3 is 0 Å². The standard InChI is InChI=1S/C15H15FN2O2/c16-11-6-5-10(14-4-2-8-20-14)9-13(11)18-15(19)12-3-1-7-17-12/h2,4-6,8-9,12,17H,1,3,7H2,(H,18,19)/t12-/m1/s1. The van der Waals surface area contributed by atoms with Gasteiger partial charge in [-0.2, -0.15) is 0 Å². The van der Waals surface area contributed by atoms with Gasteiger partial charge in [-0.15, -0.1) is 0 Å². The maximum absolute atomic E-state index is 13.8. The zero-order valence-corrected chi connectivity index (χ0v) is 10.9. The maximum atomic E-state index is 13.8. The predicted octanol–water partition coefficient (Wildman–Crippen LogP) is 2.78. The number of amides is 1. The molecule has 1 fully saturated rings. The summed E-state index contributed by atoms with van der Waals surface area (Å²) in [6.07, 6.45) is 3.30. The summed E-state index contributed by atoms with van der Waals surface area (Å²) in [6, 6.07) is 7.85. The molecule has 2 aromatic rings. The number of furan rings is 1. The number of anilines is 1. The minimum atomic E-state index is -0.452. The summed E-state index contributed by atoms with van der Waals surface area (Å²) in [7, 11) is 0. The first-order chi connectivity index (χ1) is 9.74. The predicted molar refractivity (Wildman–Crippen MR) is 73.8 cm³/mol. The minimum absolute atomic E-state index is 0.178. The molecule has 1 amide bonds. The zero-order chi connectivity index (χ0) is 13.9. The van der Waals surface area contributed by atoms with Crippen LogP contribution in [0.15, 0.2) is 41.0 Å². The third kappa shape index (κ3) is 2.58. The number of nitrogens with one attached hydrogen (secondary N) is 2. The molecule has 1 aliphatic rings. The lowest BCUT2D eigenvalue weighted by Gasteiger charge is -2.12. The molecular weight excluding hydrogens is 259 g/mol. The Balaban J connectivity index is 1.81. The highest BCUT2D eigenvalue weighted by Gasteiger charge is 2.22. The Morgan fingerprint density at radius 1 is 1.40 bits per heavy atom. The van der Waals surface area contributed by atoms with Gasteiger partial charge in [-0.05, 0) is 49.7 Å². The summed E-state index contributed by atoms with van der Waals surface area (Å²) in [5, 5.41) is 5.72. The molecule has 0 radical (unpaired) electrons. The fraction of sp³-hybridized carbons (Fsp3) is 0.267. The zero-order valence-electron chi connectivity index (χ0n) is 10.9. The van der Waals surface area contributed by atoms with E-state index >= 15 is 0 Å². The molecule has 3 rings (SSSR count). The van der Waals surface area contributed by atoms with E-state index in [4.69, 9.17) is 4.42 Å². The van der Waals surface area contributed by atoms with Crippen LogP contribution in [0.5, 0.6) is 0 Å². The topological polar surface area (TPSA) is 54.3 Å². The molecule has 2 N–H and O–H groups in total. The van der Waals surface area contributed by atoms with Gasteiger partial charge in [0.25, 0.3) is 0 Å². The molecular formula is C15H15FN2O2. The van der Waals surface area contributed by atoms with E-state index in [1.165, 1.54) is 6.07 Å². The molecule has 1 saturated heterocycles. The molecule has 1 aromatic carbocycles. The van der Waals surface area contributed by atoms with Gasteiger partial charge in [-0.3, -0.25) is 4.79 Å². The highest BCUT2D eigenvalue weighted by molar-refractivity contribution is 5.95. The third-order valence-electron chi connectivity index (χ3n) is 3.41. The Morgan fingerprint density at radius 2 is 2.30 bits per heavy atom. The van der Waals surface area contributed by atoms with Crippen LogP contribution in [-0.4, -0.2) is 18.5 Å². The molecule has 20 heavy (non-hydrogen) atoms. The van der Waals surface area contributed by atoms with E-state index in [0.717, 1.165) is 24.9 Å². The number of rotatable bonds is 3. The number of carbonyl (C=O) groups excluding carboxylic acids is 1. The van der Waals surface area contributed by atoms with E-state index in [1.807, 2.05) is 0 Å². The van der Waals surface area contributed by atoms with E-state index in [-0.39, 0.29) is 17.6 Å². The summed E-state index contributed by atoms with van der Waals surface area (Å²) < 4.78 is 19.1. The van der Waals surface area contributed by atoms with Crippen LogP contribution in [0.25, 0.3) is 11.3 Å².